The zero-order valence-corrected chi connectivity index (χ0v) is 14.5. The Morgan fingerprint density at radius 3 is 2.32 bits per heavy atom. The molecule has 1 aromatic carbocycles. The van der Waals surface area contributed by atoms with Crippen molar-refractivity contribution >= 4 is 23.4 Å². The van der Waals surface area contributed by atoms with Gasteiger partial charge in [-0.3, -0.25) is 14.6 Å². The second kappa shape index (κ2) is 8.12. The first kappa shape index (κ1) is 17.4. The second-order valence-electron chi connectivity index (χ2n) is 6.26. The van der Waals surface area contributed by atoms with Crippen LogP contribution in [0.2, 0.25) is 5.02 Å². The van der Waals surface area contributed by atoms with E-state index in [1.807, 2.05) is 0 Å². The van der Waals surface area contributed by atoms with Crippen LogP contribution in [0.4, 0.5) is 0 Å². The van der Waals surface area contributed by atoms with Crippen LogP contribution in [0.1, 0.15) is 46.4 Å². The van der Waals surface area contributed by atoms with E-state index in [9.17, 15) is 9.59 Å². The molecule has 0 bridgehead atoms. The molecule has 130 valence electrons. The molecule has 1 aliphatic rings. The number of carbonyl (C=O) groups is 2. The van der Waals surface area contributed by atoms with Gasteiger partial charge in [0.05, 0.1) is 5.56 Å². The molecule has 5 nitrogen and oxygen atoms in total. The van der Waals surface area contributed by atoms with Gasteiger partial charge in [0.25, 0.3) is 11.8 Å². The van der Waals surface area contributed by atoms with Crippen LogP contribution >= 0.6 is 11.6 Å². The average molecular weight is 358 g/mol. The maximum atomic E-state index is 12.4. The quantitative estimate of drug-likeness (QED) is 0.882. The van der Waals surface area contributed by atoms with Gasteiger partial charge >= 0.3 is 0 Å². The molecule has 25 heavy (non-hydrogen) atoms. The van der Waals surface area contributed by atoms with Crippen LogP contribution in [-0.4, -0.2) is 28.9 Å². The van der Waals surface area contributed by atoms with Crippen LogP contribution in [0.5, 0.6) is 0 Å². The maximum Gasteiger partial charge on any atom is 0.253 e. The number of benzene rings is 1. The van der Waals surface area contributed by atoms with Crippen molar-refractivity contribution in [1.29, 1.82) is 0 Å². The van der Waals surface area contributed by atoms with E-state index in [0.29, 0.717) is 16.1 Å². The van der Waals surface area contributed by atoms with Gasteiger partial charge in [-0.1, -0.05) is 17.7 Å². The van der Waals surface area contributed by atoms with Crippen LogP contribution in [0.15, 0.2) is 48.8 Å². The van der Waals surface area contributed by atoms with Gasteiger partial charge in [0, 0.05) is 35.1 Å². The average Bonchev–Trinajstić information content (AvgIpc) is 2.63. The van der Waals surface area contributed by atoms with E-state index in [2.05, 4.69) is 15.6 Å². The van der Waals surface area contributed by atoms with Gasteiger partial charge in [0.15, 0.2) is 0 Å². The van der Waals surface area contributed by atoms with Crippen LogP contribution in [0.25, 0.3) is 0 Å². The summed E-state index contributed by atoms with van der Waals surface area (Å²) in [5, 5.41) is 6.62. The monoisotopic (exact) mass is 357 g/mol. The standard InChI is InChI=1S/C19H20ClN3O2/c20-15-6-1-4-13(10-15)18(24)22-16-7-2-8-17(11-16)23-19(25)14-5-3-9-21-12-14/h1,3-6,9-10,12,16-17H,2,7-8,11H2,(H,22,24)(H,23,25)/t16-,17-/m1/s1. The number of aromatic nitrogens is 1. The van der Waals surface area contributed by atoms with Crippen molar-refractivity contribution < 1.29 is 9.59 Å². The molecule has 6 heteroatoms. The SMILES string of the molecule is O=C(N[C@@H]1CCC[C@@H](NC(=O)c2cccc(Cl)c2)C1)c1cccnc1. The number of rotatable bonds is 4. The van der Waals surface area contributed by atoms with Crippen molar-refractivity contribution in [3.8, 4) is 0 Å². The number of nitrogens with one attached hydrogen (secondary N) is 2. The molecule has 2 aromatic rings. The highest BCUT2D eigenvalue weighted by molar-refractivity contribution is 6.30. The third-order valence-corrected chi connectivity index (χ3v) is 4.59. The zero-order chi connectivity index (χ0) is 17.6. The number of carbonyl (C=O) groups excluding carboxylic acids is 2. The molecule has 1 fully saturated rings. The van der Waals surface area contributed by atoms with Crippen LogP contribution in [0, 0.1) is 0 Å². The van der Waals surface area contributed by atoms with Gasteiger partial charge in [-0.2, -0.15) is 0 Å². The van der Waals surface area contributed by atoms with Crippen molar-refractivity contribution in [2.24, 2.45) is 0 Å². The lowest BCUT2D eigenvalue weighted by molar-refractivity contribution is 0.0903. The summed E-state index contributed by atoms with van der Waals surface area (Å²) in [4.78, 5) is 28.6. The fourth-order valence-corrected chi connectivity index (χ4v) is 3.31. The Balaban J connectivity index is 1.56. The molecule has 0 radical (unpaired) electrons. The van der Waals surface area contributed by atoms with Crippen LogP contribution < -0.4 is 10.6 Å². The number of hydrogen-bond acceptors (Lipinski definition) is 3. The minimum absolute atomic E-state index is 0.0411. The third kappa shape index (κ3) is 4.79. The Kier molecular flexibility index (Phi) is 5.66. The van der Waals surface area contributed by atoms with Crippen molar-refractivity contribution in [2.45, 2.75) is 37.8 Å². The molecular weight excluding hydrogens is 338 g/mol. The lowest BCUT2D eigenvalue weighted by Gasteiger charge is -2.30. The van der Waals surface area contributed by atoms with E-state index in [-0.39, 0.29) is 23.9 Å². The summed E-state index contributed by atoms with van der Waals surface area (Å²) in [6.07, 6.45) is 6.69. The number of hydrogen-bond donors (Lipinski definition) is 2. The highest BCUT2D eigenvalue weighted by Crippen LogP contribution is 2.20. The molecule has 1 heterocycles. The molecule has 2 N–H and O–H groups in total. The number of nitrogens with zero attached hydrogens (tertiary/aromatic N) is 1. The van der Waals surface area contributed by atoms with E-state index in [1.165, 1.54) is 0 Å². The summed E-state index contributed by atoms with van der Waals surface area (Å²) in [7, 11) is 0. The summed E-state index contributed by atoms with van der Waals surface area (Å²) in [5.41, 5.74) is 1.10. The Morgan fingerprint density at radius 2 is 1.68 bits per heavy atom. The third-order valence-electron chi connectivity index (χ3n) is 4.36. The zero-order valence-electron chi connectivity index (χ0n) is 13.7. The van der Waals surface area contributed by atoms with E-state index in [1.54, 1.807) is 48.8 Å². The lowest BCUT2D eigenvalue weighted by Crippen LogP contribution is -2.45. The molecule has 2 atom stereocenters. The molecule has 1 aliphatic carbocycles. The molecule has 1 aromatic heterocycles. The molecule has 3 rings (SSSR count). The maximum absolute atomic E-state index is 12.4. The summed E-state index contributed by atoms with van der Waals surface area (Å²) in [6.45, 7) is 0. The van der Waals surface area contributed by atoms with Crippen LogP contribution in [-0.2, 0) is 0 Å². The second-order valence-corrected chi connectivity index (χ2v) is 6.70. The number of pyridine rings is 1. The van der Waals surface area contributed by atoms with E-state index in [4.69, 9.17) is 11.6 Å². The van der Waals surface area contributed by atoms with E-state index >= 15 is 0 Å². The first-order valence-corrected chi connectivity index (χ1v) is 8.77. The van der Waals surface area contributed by atoms with Gasteiger partial charge in [0.2, 0.25) is 0 Å². The van der Waals surface area contributed by atoms with Crippen molar-refractivity contribution in [2.75, 3.05) is 0 Å². The van der Waals surface area contributed by atoms with Crippen molar-refractivity contribution in [3.63, 3.8) is 0 Å². The molecule has 0 aliphatic heterocycles. The predicted octanol–water partition coefficient (Wildman–Crippen LogP) is 3.21. The normalized spacial score (nSPS) is 19.9. The minimum Gasteiger partial charge on any atom is -0.349 e. The van der Waals surface area contributed by atoms with Crippen LogP contribution in [0.3, 0.4) is 0 Å². The largest absolute Gasteiger partial charge is 0.349 e. The minimum atomic E-state index is -0.133. The van der Waals surface area contributed by atoms with Gasteiger partial charge < -0.3 is 10.6 Å². The summed E-state index contributed by atoms with van der Waals surface area (Å²) < 4.78 is 0. The molecule has 0 spiro atoms. The first-order chi connectivity index (χ1) is 12.1. The predicted molar refractivity (Wildman–Crippen MR) is 96.7 cm³/mol. The molecule has 1 saturated carbocycles. The van der Waals surface area contributed by atoms with Gasteiger partial charge in [-0.05, 0) is 56.0 Å². The van der Waals surface area contributed by atoms with Gasteiger partial charge in [-0.15, -0.1) is 0 Å². The Bertz CT molecular complexity index is 751. The summed E-state index contributed by atoms with van der Waals surface area (Å²) in [6, 6.07) is 10.5. The van der Waals surface area contributed by atoms with E-state index in [0.717, 1.165) is 25.7 Å². The highest BCUT2D eigenvalue weighted by atomic mass is 35.5. The summed E-state index contributed by atoms with van der Waals surface area (Å²) in [5.74, 6) is -0.258. The number of amides is 2. The molecule has 0 saturated heterocycles. The molecule has 2 amide bonds. The number of halogens is 1. The molecular formula is C19H20ClN3O2. The fraction of sp³-hybridized carbons (Fsp3) is 0.316. The van der Waals surface area contributed by atoms with Crippen molar-refractivity contribution in [1.82, 2.24) is 15.6 Å². The Labute approximate surface area is 151 Å². The van der Waals surface area contributed by atoms with Gasteiger partial charge in [0.1, 0.15) is 0 Å². The Hall–Kier alpha value is -2.40. The fourth-order valence-electron chi connectivity index (χ4n) is 3.12. The topological polar surface area (TPSA) is 71.1 Å². The highest BCUT2D eigenvalue weighted by Gasteiger charge is 2.25. The lowest BCUT2D eigenvalue weighted by atomic mass is 9.90. The molecule has 0 unspecified atom stereocenters. The van der Waals surface area contributed by atoms with Gasteiger partial charge in [-0.25, -0.2) is 0 Å². The summed E-state index contributed by atoms with van der Waals surface area (Å²) >= 11 is 5.94. The Morgan fingerprint density at radius 1 is 1.00 bits per heavy atom. The smallest absolute Gasteiger partial charge is 0.253 e. The first-order valence-electron chi connectivity index (χ1n) is 8.39. The van der Waals surface area contributed by atoms with Crippen molar-refractivity contribution in [3.05, 3.63) is 64.9 Å². The van der Waals surface area contributed by atoms with E-state index < -0.39 is 0 Å².